The molecule has 1 aliphatic rings. The number of ether oxygens (including phenoxy) is 1. The molecular weight excluding hydrogens is 511 g/mol. The van der Waals surface area contributed by atoms with Crippen LogP contribution in [0.1, 0.15) is 38.4 Å². The third-order valence-electron chi connectivity index (χ3n) is 6.07. The van der Waals surface area contributed by atoms with Crippen molar-refractivity contribution in [3.63, 3.8) is 0 Å². The van der Waals surface area contributed by atoms with Crippen molar-refractivity contribution in [1.29, 1.82) is 0 Å². The fourth-order valence-corrected chi connectivity index (χ4v) is 5.38. The standard InChI is InChI=1S/C27H21FN4O5S/c1-4-13-37-26(36)24-15(3)30-27(38-24)32-21(16-8-10-17(28)11-9-16)19(23(34)25(32)35)22(33)20-14(2)29-18-7-5-6-12-31(18)20/h4-12,21,33H,1,13H2,2-3H3/b22-19+. The zero-order chi connectivity index (χ0) is 27.1. The minimum absolute atomic E-state index is 0.00967. The van der Waals surface area contributed by atoms with Crippen LogP contribution >= 0.6 is 11.3 Å². The number of anilines is 1. The average Bonchev–Trinajstić information content (AvgIpc) is 3.53. The molecule has 9 nitrogen and oxygen atoms in total. The Hall–Kier alpha value is -4.64. The highest BCUT2D eigenvalue weighted by atomic mass is 32.1. The maximum Gasteiger partial charge on any atom is 0.350 e. The number of aliphatic hydroxyl groups is 1. The lowest BCUT2D eigenvalue weighted by Crippen LogP contribution is -2.29. The molecule has 1 aliphatic heterocycles. The first-order chi connectivity index (χ1) is 18.2. The zero-order valence-electron chi connectivity index (χ0n) is 20.3. The first-order valence-electron chi connectivity index (χ1n) is 11.5. The summed E-state index contributed by atoms with van der Waals surface area (Å²) in [6, 6.07) is 9.36. The van der Waals surface area contributed by atoms with Crippen molar-refractivity contribution < 1.29 is 28.6 Å². The Balaban J connectivity index is 1.71. The molecule has 11 heteroatoms. The summed E-state index contributed by atoms with van der Waals surface area (Å²) in [6.07, 6.45) is 3.10. The van der Waals surface area contributed by atoms with Crippen molar-refractivity contribution in [1.82, 2.24) is 14.4 Å². The number of benzene rings is 1. The summed E-state index contributed by atoms with van der Waals surface area (Å²) in [5.41, 5.74) is 1.68. The number of pyridine rings is 1. The van der Waals surface area contributed by atoms with E-state index in [2.05, 4.69) is 16.5 Å². The molecule has 1 atom stereocenters. The molecule has 1 saturated heterocycles. The molecule has 192 valence electrons. The van der Waals surface area contributed by atoms with Crippen molar-refractivity contribution in [3.05, 3.63) is 100 Å². The van der Waals surface area contributed by atoms with Crippen LogP contribution in [0.5, 0.6) is 0 Å². The van der Waals surface area contributed by atoms with Crippen molar-refractivity contribution in [2.24, 2.45) is 0 Å². The normalized spacial score (nSPS) is 16.8. The number of ketones is 1. The van der Waals surface area contributed by atoms with E-state index in [1.807, 2.05) is 0 Å². The minimum atomic E-state index is -1.15. The van der Waals surface area contributed by atoms with Crippen LogP contribution < -0.4 is 4.90 Å². The van der Waals surface area contributed by atoms with Crippen LogP contribution in [0.25, 0.3) is 11.4 Å². The van der Waals surface area contributed by atoms with Crippen LogP contribution in [-0.4, -0.2) is 43.7 Å². The van der Waals surface area contributed by atoms with Gasteiger partial charge in [-0.25, -0.2) is 19.2 Å². The van der Waals surface area contributed by atoms with Gasteiger partial charge in [0.05, 0.1) is 23.0 Å². The zero-order valence-corrected chi connectivity index (χ0v) is 21.2. The number of esters is 1. The highest BCUT2D eigenvalue weighted by Crippen LogP contribution is 2.44. The topological polar surface area (TPSA) is 114 Å². The second-order valence-electron chi connectivity index (χ2n) is 8.49. The summed E-state index contributed by atoms with van der Waals surface area (Å²) in [5.74, 6) is -3.50. The van der Waals surface area contributed by atoms with E-state index in [4.69, 9.17) is 4.74 Å². The van der Waals surface area contributed by atoms with Crippen LogP contribution in [0.2, 0.25) is 0 Å². The van der Waals surface area contributed by atoms with Gasteiger partial charge in [0.2, 0.25) is 0 Å². The molecule has 0 saturated carbocycles. The van der Waals surface area contributed by atoms with Gasteiger partial charge in [-0.05, 0) is 43.7 Å². The number of aliphatic hydroxyl groups excluding tert-OH is 1. The first kappa shape index (κ1) is 25.0. The van der Waals surface area contributed by atoms with Crippen LogP contribution in [-0.2, 0) is 14.3 Å². The van der Waals surface area contributed by atoms with Gasteiger partial charge in [0.1, 0.15) is 28.6 Å². The number of fused-ring (bicyclic) bond motifs is 1. The third-order valence-corrected chi connectivity index (χ3v) is 7.20. The van der Waals surface area contributed by atoms with Gasteiger partial charge in [0, 0.05) is 6.20 Å². The van der Waals surface area contributed by atoms with Crippen LogP contribution in [0, 0.1) is 19.7 Å². The highest BCUT2D eigenvalue weighted by Gasteiger charge is 2.49. The van der Waals surface area contributed by atoms with Gasteiger partial charge in [-0.15, -0.1) is 0 Å². The van der Waals surface area contributed by atoms with E-state index in [1.54, 1.807) is 42.6 Å². The molecule has 1 fully saturated rings. The molecule has 4 heterocycles. The van der Waals surface area contributed by atoms with E-state index >= 15 is 0 Å². The Morgan fingerprint density at radius 3 is 2.61 bits per heavy atom. The SMILES string of the molecule is C=CCOC(=O)c1sc(N2C(=O)C(=O)/C(=C(/O)c3c(C)nc4ccccn34)C2c2ccc(F)cc2)nc1C. The number of amides is 1. The Morgan fingerprint density at radius 1 is 1.16 bits per heavy atom. The van der Waals surface area contributed by atoms with E-state index in [0.717, 1.165) is 16.2 Å². The Kier molecular flexibility index (Phi) is 6.37. The number of Topliss-reactive ketones (excluding diaryl/α,β-unsaturated/α-hetero) is 1. The average molecular weight is 533 g/mol. The van der Waals surface area contributed by atoms with E-state index in [1.165, 1.54) is 30.3 Å². The van der Waals surface area contributed by atoms with Crippen LogP contribution in [0.4, 0.5) is 9.52 Å². The van der Waals surface area contributed by atoms with Gasteiger partial charge in [-0.3, -0.25) is 18.9 Å². The molecule has 1 N–H and O–H groups in total. The highest BCUT2D eigenvalue weighted by molar-refractivity contribution is 7.17. The number of halogens is 1. The number of thiazole rings is 1. The molecule has 38 heavy (non-hydrogen) atoms. The van der Waals surface area contributed by atoms with Gasteiger partial charge in [0.25, 0.3) is 5.78 Å². The lowest BCUT2D eigenvalue weighted by atomic mass is 9.96. The second kappa shape index (κ2) is 9.67. The second-order valence-corrected chi connectivity index (χ2v) is 9.47. The smallest absolute Gasteiger partial charge is 0.350 e. The molecule has 1 amide bonds. The molecule has 0 radical (unpaired) electrons. The number of aryl methyl sites for hydroxylation is 2. The number of hydrogen-bond acceptors (Lipinski definition) is 8. The van der Waals surface area contributed by atoms with Gasteiger partial charge >= 0.3 is 11.9 Å². The lowest BCUT2D eigenvalue weighted by Gasteiger charge is -2.23. The Bertz CT molecular complexity index is 1650. The van der Waals surface area contributed by atoms with Crippen LogP contribution in [0.15, 0.2) is 66.9 Å². The monoisotopic (exact) mass is 532 g/mol. The van der Waals surface area contributed by atoms with Crippen molar-refractivity contribution in [3.8, 4) is 0 Å². The fraction of sp³-hybridized carbons (Fsp3) is 0.148. The van der Waals surface area contributed by atoms with Gasteiger partial charge in [-0.2, -0.15) is 0 Å². The van der Waals surface area contributed by atoms with Crippen molar-refractivity contribution in [2.45, 2.75) is 19.9 Å². The molecule has 4 aromatic rings. The van der Waals surface area contributed by atoms with E-state index in [0.29, 0.717) is 22.6 Å². The van der Waals surface area contributed by atoms with E-state index in [9.17, 15) is 23.9 Å². The predicted octanol–water partition coefficient (Wildman–Crippen LogP) is 4.52. The van der Waals surface area contributed by atoms with E-state index < -0.39 is 35.3 Å². The number of rotatable bonds is 6. The number of nitrogens with zero attached hydrogens (tertiary/aromatic N) is 4. The third kappa shape index (κ3) is 4.06. The quantitative estimate of drug-likeness (QED) is 0.128. The molecule has 1 aromatic carbocycles. The van der Waals surface area contributed by atoms with Gasteiger partial charge < -0.3 is 9.84 Å². The summed E-state index contributed by atoms with van der Waals surface area (Å²) < 4.78 is 20.5. The number of imidazole rings is 1. The molecule has 0 spiro atoms. The molecular formula is C27H21FN4O5S. The Labute approximate surface area is 220 Å². The summed E-state index contributed by atoms with van der Waals surface area (Å²) in [5, 5.41) is 11.6. The maximum absolute atomic E-state index is 13.8. The van der Waals surface area contributed by atoms with Gasteiger partial charge in [0.15, 0.2) is 10.9 Å². The number of aromatic nitrogens is 3. The number of hydrogen-bond donors (Lipinski definition) is 1. The molecule has 0 bridgehead atoms. The molecule has 5 rings (SSSR count). The summed E-state index contributed by atoms with van der Waals surface area (Å²) in [4.78, 5) is 49.5. The maximum atomic E-state index is 13.8. The fourth-order valence-electron chi connectivity index (χ4n) is 4.39. The van der Waals surface area contributed by atoms with E-state index in [-0.39, 0.29) is 27.9 Å². The van der Waals surface area contributed by atoms with Crippen LogP contribution in [0.3, 0.4) is 0 Å². The van der Waals surface area contributed by atoms with Gasteiger partial charge in [-0.1, -0.05) is 42.2 Å². The Morgan fingerprint density at radius 2 is 1.89 bits per heavy atom. The number of carbonyl (C=O) groups excluding carboxylic acids is 3. The molecule has 3 aromatic heterocycles. The number of carbonyl (C=O) groups is 3. The molecule has 0 aliphatic carbocycles. The minimum Gasteiger partial charge on any atom is -0.505 e. The lowest BCUT2D eigenvalue weighted by molar-refractivity contribution is -0.132. The summed E-state index contributed by atoms with van der Waals surface area (Å²) in [6.45, 7) is 6.76. The summed E-state index contributed by atoms with van der Waals surface area (Å²) >= 11 is 0.877. The summed E-state index contributed by atoms with van der Waals surface area (Å²) in [7, 11) is 0. The first-order valence-corrected chi connectivity index (χ1v) is 12.3. The van der Waals surface area contributed by atoms with Crippen molar-refractivity contribution >= 4 is 45.5 Å². The molecule has 1 unspecified atom stereocenters. The largest absolute Gasteiger partial charge is 0.505 e. The predicted molar refractivity (Wildman–Crippen MR) is 138 cm³/mol. The van der Waals surface area contributed by atoms with Crippen molar-refractivity contribution in [2.75, 3.05) is 11.5 Å².